The molecule has 0 aliphatic carbocycles. The number of ether oxygens (including phenoxy) is 1. The Morgan fingerprint density at radius 3 is 2.89 bits per heavy atom. The second kappa shape index (κ2) is 3.66. The van der Waals surface area contributed by atoms with Crippen molar-refractivity contribution in [1.82, 2.24) is 0 Å². The molecule has 7 heteroatoms. The van der Waals surface area contributed by atoms with Gasteiger partial charge >= 0.3 is 5.97 Å². The molecule has 92 valence electrons. The highest BCUT2D eigenvalue weighted by Gasteiger charge is 2.36. The molecule has 0 fully saturated rings. The third kappa shape index (κ3) is 1.45. The van der Waals surface area contributed by atoms with Gasteiger partial charge in [0.15, 0.2) is 11.5 Å². The lowest BCUT2D eigenvalue weighted by molar-refractivity contribution is -0.124. The Labute approximate surface area is 99.9 Å². The van der Waals surface area contributed by atoms with E-state index in [9.17, 15) is 9.59 Å². The van der Waals surface area contributed by atoms with Crippen LogP contribution in [0.1, 0.15) is 22.4 Å². The maximum Gasteiger partial charge on any atom is 0.375 e. The van der Waals surface area contributed by atoms with Gasteiger partial charge in [0, 0.05) is 0 Å². The van der Waals surface area contributed by atoms with Gasteiger partial charge in [-0.3, -0.25) is 4.79 Å². The summed E-state index contributed by atoms with van der Waals surface area (Å²) in [6.45, 7) is 0. The summed E-state index contributed by atoms with van der Waals surface area (Å²) in [7, 11) is 0. The summed E-state index contributed by atoms with van der Waals surface area (Å²) < 4.78 is 15.2. The summed E-state index contributed by atoms with van der Waals surface area (Å²) >= 11 is 0. The second-order valence-corrected chi connectivity index (χ2v) is 3.62. The summed E-state index contributed by atoms with van der Waals surface area (Å²) in [6.07, 6.45) is 1.49. The summed E-state index contributed by atoms with van der Waals surface area (Å²) in [5, 5.41) is 11.4. The first-order valence-corrected chi connectivity index (χ1v) is 5.02. The Hall–Kier alpha value is -2.70. The average molecular weight is 249 g/mol. The number of hydrogen-bond donors (Lipinski definition) is 2. The van der Waals surface area contributed by atoms with Crippen molar-refractivity contribution in [3.63, 3.8) is 0 Å². The minimum Gasteiger partial charge on any atom is -0.475 e. The van der Waals surface area contributed by atoms with E-state index in [1.807, 2.05) is 0 Å². The van der Waals surface area contributed by atoms with Crippen molar-refractivity contribution in [2.24, 2.45) is 0 Å². The summed E-state index contributed by atoms with van der Waals surface area (Å²) in [5.41, 5.74) is 0.195. The average Bonchev–Trinajstić information content (AvgIpc) is 2.95. The Kier molecular flexibility index (Phi) is 2.12. The molecule has 0 saturated heterocycles. The Morgan fingerprint density at radius 2 is 2.22 bits per heavy atom. The number of carboxylic acid groups (broad SMARTS) is 1. The Balaban J connectivity index is 2.01. The molecule has 2 aromatic rings. The fraction of sp³-hybridized carbons (Fsp3) is 0.0909. The standard InChI is InChI=1S/C11H7NO6/c13-10-8(6-2-1-3-16-6)18-7-5(12-10)4-17-9(7)11(14)15/h1-4,8H,(H,12,13)(H,14,15). The number of anilines is 1. The number of furan rings is 2. The monoisotopic (exact) mass is 249 g/mol. The third-order valence-electron chi connectivity index (χ3n) is 2.47. The van der Waals surface area contributed by atoms with Crippen LogP contribution in [-0.2, 0) is 4.79 Å². The van der Waals surface area contributed by atoms with E-state index in [-0.39, 0.29) is 23.0 Å². The first-order chi connectivity index (χ1) is 8.66. The first kappa shape index (κ1) is 10.5. The van der Waals surface area contributed by atoms with E-state index < -0.39 is 18.0 Å². The molecule has 1 unspecified atom stereocenters. The summed E-state index contributed by atoms with van der Waals surface area (Å²) in [5.74, 6) is -1.80. The van der Waals surface area contributed by atoms with Crippen LogP contribution in [0, 0.1) is 0 Å². The molecule has 7 nitrogen and oxygen atoms in total. The molecule has 18 heavy (non-hydrogen) atoms. The molecule has 3 rings (SSSR count). The molecular weight excluding hydrogens is 242 g/mol. The van der Waals surface area contributed by atoms with E-state index in [1.54, 1.807) is 12.1 Å². The van der Waals surface area contributed by atoms with E-state index in [4.69, 9.17) is 18.7 Å². The highest BCUT2D eigenvalue weighted by atomic mass is 16.5. The van der Waals surface area contributed by atoms with Gasteiger partial charge < -0.3 is 24.0 Å². The number of carbonyl (C=O) groups excluding carboxylic acids is 1. The first-order valence-electron chi connectivity index (χ1n) is 5.02. The lowest BCUT2D eigenvalue weighted by Crippen LogP contribution is -2.29. The predicted molar refractivity (Wildman–Crippen MR) is 56.4 cm³/mol. The maximum absolute atomic E-state index is 11.7. The minimum atomic E-state index is -1.27. The lowest BCUT2D eigenvalue weighted by Gasteiger charge is -2.21. The number of hydrogen-bond acceptors (Lipinski definition) is 5. The topological polar surface area (TPSA) is 102 Å². The number of carboxylic acids is 1. The van der Waals surface area contributed by atoms with Gasteiger partial charge in [-0.15, -0.1) is 0 Å². The molecular formula is C11H7NO6. The van der Waals surface area contributed by atoms with Gasteiger partial charge in [0.05, 0.1) is 6.26 Å². The quantitative estimate of drug-likeness (QED) is 0.838. The molecule has 1 aliphatic rings. The van der Waals surface area contributed by atoms with E-state index >= 15 is 0 Å². The van der Waals surface area contributed by atoms with Gasteiger partial charge in [-0.2, -0.15) is 0 Å². The van der Waals surface area contributed by atoms with Crippen molar-refractivity contribution < 1.29 is 28.3 Å². The van der Waals surface area contributed by atoms with Crippen LogP contribution in [-0.4, -0.2) is 17.0 Å². The highest BCUT2D eigenvalue weighted by Crippen LogP contribution is 2.39. The van der Waals surface area contributed by atoms with Crippen LogP contribution in [0.5, 0.6) is 5.75 Å². The molecule has 2 N–H and O–H groups in total. The lowest BCUT2D eigenvalue weighted by atomic mass is 10.2. The number of amides is 1. The zero-order valence-corrected chi connectivity index (χ0v) is 8.88. The van der Waals surface area contributed by atoms with E-state index in [0.29, 0.717) is 0 Å². The van der Waals surface area contributed by atoms with Crippen LogP contribution in [0.2, 0.25) is 0 Å². The molecule has 0 aromatic carbocycles. The SMILES string of the molecule is O=C(O)c1occ2c1OC(c1ccco1)C(=O)N2. The van der Waals surface area contributed by atoms with Gasteiger partial charge in [-0.1, -0.05) is 0 Å². The van der Waals surface area contributed by atoms with Gasteiger partial charge in [0.1, 0.15) is 12.0 Å². The van der Waals surface area contributed by atoms with E-state index in [1.165, 1.54) is 6.26 Å². The molecule has 1 aliphatic heterocycles. The smallest absolute Gasteiger partial charge is 0.375 e. The van der Waals surface area contributed by atoms with Crippen molar-refractivity contribution in [1.29, 1.82) is 0 Å². The fourth-order valence-electron chi connectivity index (χ4n) is 1.70. The van der Waals surface area contributed by atoms with Gasteiger partial charge in [0.2, 0.25) is 6.10 Å². The minimum absolute atomic E-state index is 0.0106. The molecule has 3 heterocycles. The molecule has 1 atom stereocenters. The van der Waals surface area contributed by atoms with Gasteiger partial charge in [-0.05, 0) is 12.1 Å². The van der Waals surface area contributed by atoms with Crippen molar-refractivity contribution in [3.8, 4) is 5.75 Å². The van der Waals surface area contributed by atoms with Crippen molar-refractivity contribution in [2.45, 2.75) is 6.10 Å². The second-order valence-electron chi connectivity index (χ2n) is 3.62. The molecule has 1 amide bonds. The summed E-state index contributed by atoms with van der Waals surface area (Å²) in [6, 6.07) is 3.17. The molecule has 0 saturated carbocycles. The third-order valence-corrected chi connectivity index (χ3v) is 2.47. The van der Waals surface area contributed by atoms with Crippen LogP contribution in [0.3, 0.4) is 0 Å². The molecule has 0 bridgehead atoms. The van der Waals surface area contributed by atoms with E-state index in [2.05, 4.69) is 5.32 Å². The molecule has 0 radical (unpaired) electrons. The number of nitrogens with one attached hydrogen (secondary N) is 1. The normalized spacial score (nSPS) is 17.8. The van der Waals surface area contributed by atoms with Crippen LogP contribution < -0.4 is 10.1 Å². The van der Waals surface area contributed by atoms with Crippen molar-refractivity contribution in [2.75, 3.05) is 5.32 Å². The van der Waals surface area contributed by atoms with Gasteiger partial charge in [0.25, 0.3) is 11.7 Å². The largest absolute Gasteiger partial charge is 0.475 e. The zero-order chi connectivity index (χ0) is 12.7. The molecule has 0 spiro atoms. The Morgan fingerprint density at radius 1 is 1.39 bits per heavy atom. The zero-order valence-electron chi connectivity index (χ0n) is 8.88. The van der Waals surface area contributed by atoms with Crippen molar-refractivity contribution in [3.05, 3.63) is 36.2 Å². The number of aromatic carboxylic acids is 1. The van der Waals surface area contributed by atoms with E-state index in [0.717, 1.165) is 6.26 Å². The maximum atomic E-state index is 11.7. The predicted octanol–water partition coefficient (Wildman–Crippen LogP) is 1.64. The van der Waals surface area contributed by atoms with Crippen LogP contribution >= 0.6 is 0 Å². The van der Waals surface area contributed by atoms with Crippen LogP contribution in [0.25, 0.3) is 0 Å². The Bertz CT molecular complexity index is 612. The van der Waals surface area contributed by atoms with Gasteiger partial charge in [-0.25, -0.2) is 4.79 Å². The van der Waals surface area contributed by atoms with Crippen LogP contribution in [0.4, 0.5) is 5.69 Å². The number of fused-ring (bicyclic) bond motifs is 1. The van der Waals surface area contributed by atoms with Crippen LogP contribution in [0.15, 0.2) is 33.5 Å². The van der Waals surface area contributed by atoms with Crippen molar-refractivity contribution >= 4 is 17.6 Å². The molecule has 2 aromatic heterocycles. The highest BCUT2D eigenvalue weighted by molar-refractivity contribution is 6.01. The number of rotatable bonds is 2. The summed E-state index contributed by atoms with van der Waals surface area (Å²) in [4.78, 5) is 22.6. The number of carbonyl (C=O) groups is 2. The fourth-order valence-corrected chi connectivity index (χ4v) is 1.70.